The van der Waals surface area contributed by atoms with Crippen LogP contribution in [0.25, 0.3) is 6.08 Å². The Kier molecular flexibility index (Phi) is 5.59. The molecule has 0 radical (unpaired) electrons. The quantitative estimate of drug-likeness (QED) is 0.879. The van der Waals surface area contributed by atoms with E-state index in [0.717, 1.165) is 11.3 Å². The van der Waals surface area contributed by atoms with Crippen LogP contribution < -0.4 is 10.1 Å². The maximum atomic E-state index is 11.9. The van der Waals surface area contributed by atoms with Crippen molar-refractivity contribution in [3.05, 3.63) is 71.8 Å². The zero-order chi connectivity index (χ0) is 14.9. The summed E-state index contributed by atoms with van der Waals surface area (Å²) in [5.74, 6) is 0.689. The van der Waals surface area contributed by atoms with Gasteiger partial charge in [0.2, 0.25) is 0 Å². The second-order valence-electron chi connectivity index (χ2n) is 4.48. The Hall–Kier alpha value is -2.55. The zero-order valence-electron chi connectivity index (χ0n) is 12.1. The summed E-state index contributed by atoms with van der Waals surface area (Å²) in [4.78, 5) is 11.9. The van der Waals surface area contributed by atoms with Gasteiger partial charge in [-0.25, -0.2) is 0 Å². The summed E-state index contributed by atoms with van der Waals surface area (Å²) >= 11 is 0. The molecule has 0 aliphatic rings. The van der Waals surface area contributed by atoms with E-state index in [0.29, 0.717) is 18.7 Å². The van der Waals surface area contributed by atoms with Gasteiger partial charge in [-0.1, -0.05) is 42.5 Å². The first-order chi connectivity index (χ1) is 10.3. The fourth-order valence-corrected chi connectivity index (χ4v) is 1.88. The monoisotopic (exact) mass is 281 g/mol. The van der Waals surface area contributed by atoms with Gasteiger partial charge in [0.05, 0.1) is 6.61 Å². The normalized spacial score (nSPS) is 10.5. The molecule has 1 N–H and O–H groups in total. The number of carbonyl (C=O) groups is 1. The van der Waals surface area contributed by atoms with Crippen LogP contribution in [0.2, 0.25) is 0 Å². The van der Waals surface area contributed by atoms with Crippen molar-refractivity contribution in [1.82, 2.24) is 5.32 Å². The van der Waals surface area contributed by atoms with Crippen LogP contribution in [-0.2, 0) is 0 Å². The van der Waals surface area contributed by atoms with Gasteiger partial charge in [-0.3, -0.25) is 4.79 Å². The van der Waals surface area contributed by atoms with Gasteiger partial charge in [-0.2, -0.15) is 0 Å². The minimum Gasteiger partial charge on any atom is -0.494 e. The Labute approximate surface area is 125 Å². The molecule has 3 heteroatoms. The fraction of sp³-hybridized carbons (Fsp3) is 0.167. The van der Waals surface area contributed by atoms with E-state index in [1.807, 2.05) is 49.4 Å². The summed E-state index contributed by atoms with van der Waals surface area (Å²) in [7, 11) is 0. The Morgan fingerprint density at radius 1 is 1.10 bits per heavy atom. The first-order valence-electron chi connectivity index (χ1n) is 7.02. The van der Waals surface area contributed by atoms with E-state index in [9.17, 15) is 4.79 Å². The van der Waals surface area contributed by atoms with Crippen molar-refractivity contribution in [2.24, 2.45) is 0 Å². The SMILES string of the molecule is CCOc1ccc(C(=O)NCC=Cc2ccccc2)cc1. The predicted molar refractivity (Wildman–Crippen MR) is 85.4 cm³/mol. The number of amides is 1. The van der Waals surface area contributed by atoms with Crippen molar-refractivity contribution >= 4 is 12.0 Å². The molecule has 3 nitrogen and oxygen atoms in total. The Morgan fingerprint density at radius 3 is 2.48 bits per heavy atom. The van der Waals surface area contributed by atoms with E-state index in [1.165, 1.54) is 0 Å². The van der Waals surface area contributed by atoms with E-state index in [1.54, 1.807) is 24.3 Å². The molecular weight excluding hydrogens is 262 g/mol. The summed E-state index contributed by atoms with van der Waals surface area (Å²) in [6.07, 6.45) is 3.92. The molecule has 0 atom stereocenters. The summed E-state index contributed by atoms with van der Waals surface area (Å²) in [5.41, 5.74) is 1.75. The second kappa shape index (κ2) is 7.90. The highest BCUT2D eigenvalue weighted by Crippen LogP contribution is 2.11. The number of ether oxygens (including phenoxy) is 1. The maximum absolute atomic E-state index is 11.9. The van der Waals surface area contributed by atoms with Crippen LogP contribution >= 0.6 is 0 Å². The van der Waals surface area contributed by atoms with Gasteiger partial charge in [0.1, 0.15) is 5.75 Å². The molecule has 0 aliphatic heterocycles. The summed E-state index contributed by atoms with van der Waals surface area (Å²) < 4.78 is 5.35. The van der Waals surface area contributed by atoms with Crippen LogP contribution in [0.1, 0.15) is 22.8 Å². The molecule has 0 saturated heterocycles. The number of benzene rings is 2. The molecule has 0 fully saturated rings. The van der Waals surface area contributed by atoms with Gasteiger partial charge in [-0.05, 0) is 36.8 Å². The smallest absolute Gasteiger partial charge is 0.251 e. The number of hydrogen-bond donors (Lipinski definition) is 1. The standard InChI is InChI=1S/C18H19NO2/c1-2-21-17-12-10-16(11-13-17)18(20)19-14-6-9-15-7-4-3-5-8-15/h3-13H,2,14H2,1H3,(H,19,20). The van der Waals surface area contributed by atoms with Crippen molar-refractivity contribution in [3.63, 3.8) is 0 Å². The lowest BCUT2D eigenvalue weighted by molar-refractivity contribution is 0.0958. The van der Waals surface area contributed by atoms with Crippen molar-refractivity contribution in [2.45, 2.75) is 6.92 Å². The van der Waals surface area contributed by atoms with Gasteiger partial charge in [-0.15, -0.1) is 0 Å². The Bertz CT molecular complexity index is 588. The van der Waals surface area contributed by atoms with Gasteiger partial charge < -0.3 is 10.1 Å². The topological polar surface area (TPSA) is 38.3 Å². The molecule has 0 aliphatic carbocycles. The van der Waals surface area contributed by atoms with Gasteiger partial charge in [0.25, 0.3) is 5.91 Å². The molecule has 2 aromatic rings. The summed E-state index contributed by atoms with van der Waals surface area (Å²) in [5, 5.41) is 2.85. The minimum atomic E-state index is -0.0873. The molecule has 0 bridgehead atoms. The van der Waals surface area contributed by atoms with Crippen LogP contribution in [0.5, 0.6) is 5.75 Å². The molecule has 2 rings (SSSR count). The lowest BCUT2D eigenvalue weighted by Crippen LogP contribution is -2.23. The molecule has 0 aromatic heterocycles. The highest BCUT2D eigenvalue weighted by Gasteiger charge is 2.03. The lowest BCUT2D eigenvalue weighted by Gasteiger charge is -2.05. The lowest BCUT2D eigenvalue weighted by atomic mass is 10.2. The average Bonchev–Trinajstić information content (AvgIpc) is 2.53. The van der Waals surface area contributed by atoms with Crippen molar-refractivity contribution in [2.75, 3.05) is 13.2 Å². The van der Waals surface area contributed by atoms with E-state index < -0.39 is 0 Å². The van der Waals surface area contributed by atoms with E-state index in [4.69, 9.17) is 4.74 Å². The van der Waals surface area contributed by atoms with Crippen LogP contribution in [0.15, 0.2) is 60.7 Å². The molecule has 2 aromatic carbocycles. The number of rotatable bonds is 6. The second-order valence-corrected chi connectivity index (χ2v) is 4.48. The fourth-order valence-electron chi connectivity index (χ4n) is 1.88. The predicted octanol–water partition coefficient (Wildman–Crippen LogP) is 3.53. The van der Waals surface area contributed by atoms with Crippen LogP contribution in [0, 0.1) is 0 Å². The Balaban J connectivity index is 1.83. The molecule has 0 saturated carbocycles. The van der Waals surface area contributed by atoms with E-state index >= 15 is 0 Å². The van der Waals surface area contributed by atoms with Crippen molar-refractivity contribution < 1.29 is 9.53 Å². The zero-order valence-corrected chi connectivity index (χ0v) is 12.1. The first kappa shape index (κ1) is 14.9. The largest absolute Gasteiger partial charge is 0.494 e. The molecule has 0 heterocycles. The van der Waals surface area contributed by atoms with Crippen LogP contribution in [0.4, 0.5) is 0 Å². The minimum absolute atomic E-state index is 0.0873. The summed E-state index contributed by atoms with van der Waals surface area (Å²) in [6, 6.07) is 17.1. The molecule has 1 amide bonds. The third-order valence-corrected chi connectivity index (χ3v) is 2.92. The van der Waals surface area contributed by atoms with Crippen LogP contribution in [-0.4, -0.2) is 19.1 Å². The maximum Gasteiger partial charge on any atom is 0.251 e. The number of nitrogens with one attached hydrogen (secondary N) is 1. The van der Waals surface area contributed by atoms with Crippen LogP contribution in [0.3, 0.4) is 0 Å². The van der Waals surface area contributed by atoms with Gasteiger partial charge >= 0.3 is 0 Å². The highest BCUT2D eigenvalue weighted by atomic mass is 16.5. The van der Waals surface area contributed by atoms with E-state index in [-0.39, 0.29) is 5.91 Å². The number of carbonyl (C=O) groups excluding carboxylic acids is 1. The molecular formula is C18H19NO2. The van der Waals surface area contributed by atoms with Crippen molar-refractivity contribution in [1.29, 1.82) is 0 Å². The average molecular weight is 281 g/mol. The highest BCUT2D eigenvalue weighted by molar-refractivity contribution is 5.94. The van der Waals surface area contributed by atoms with Gasteiger partial charge in [0.15, 0.2) is 0 Å². The molecule has 21 heavy (non-hydrogen) atoms. The van der Waals surface area contributed by atoms with E-state index in [2.05, 4.69) is 5.32 Å². The van der Waals surface area contributed by atoms with Crippen molar-refractivity contribution in [3.8, 4) is 5.75 Å². The third-order valence-electron chi connectivity index (χ3n) is 2.92. The van der Waals surface area contributed by atoms with Gasteiger partial charge in [0, 0.05) is 12.1 Å². The summed E-state index contributed by atoms with van der Waals surface area (Å²) in [6.45, 7) is 3.05. The third kappa shape index (κ3) is 4.80. The molecule has 108 valence electrons. The molecule has 0 unspecified atom stereocenters. The first-order valence-corrected chi connectivity index (χ1v) is 7.02. The Morgan fingerprint density at radius 2 is 1.81 bits per heavy atom. The number of hydrogen-bond acceptors (Lipinski definition) is 2. The molecule has 0 spiro atoms.